The van der Waals surface area contributed by atoms with Gasteiger partial charge in [0.1, 0.15) is 17.2 Å². The van der Waals surface area contributed by atoms with Crippen molar-refractivity contribution in [3.63, 3.8) is 0 Å². The monoisotopic (exact) mass is 463 g/mol. The van der Waals surface area contributed by atoms with Crippen molar-refractivity contribution in [2.45, 2.75) is 46.0 Å². The average Bonchev–Trinajstić information content (AvgIpc) is 3.59. The topological polar surface area (TPSA) is 118 Å². The highest BCUT2D eigenvalue weighted by atomic mass is 16.2. The number of carbonyl (C=O) groups is 2. The van der Waals surface area contributed by atoms with E-state index in [9.17, 15) is 9.59 Å². The van der Waals surface area contributed by atoms with Crippen LogP contribution in [0.15, 0.2) is 18.5 Å². The zero-order valence-electron chi connectivity index (χ0n) is 22.5. The molecule has 34 heavy (non-hydrogen) atoms. The molecule has 3 aromatic rings. The number of anilines is 4. The van der Waals surface area contributed by atoms with Crippen LogP contribution in [0.25, 0.3) is 11.3 Å². The number of rotatable bonds is 6. The van der Waals surface area contributed by atoms with Crippen LogP contribution in [0.3, 0.4) is 0 Å². The predicted octanol–water partition coefficient (Wildman–Crippen LogP) is 3.78. The Labute approximate surface area is 202 Å². The molecule has 0 radical (unpaired) electrons. The minimum Gasteiger partial charge on any atom is -0.363 e. The summed E-state index contributed by atoms with van der Waals surface area (Å²) in [7, 11) is 3.71. The second-order valence-corrected chi connectivity index (χ2v) is 8.83. The maximum absolute atomic E-state index is 13.0. The Hall–Kier alpha value is -3.82. The summed E-state index contributed by atoms with van der Waals surface area (Å²) in [5.74, 6) is -0.0237. The first-order chi connectivity index (χ1) is 17.4. The van der Waals surface area contributed by atoms with Gasteiger partial charge in [0, 0.05) is 54.6 Å². The smallest absolute Gasteiger partial charge is 0.228 e. The van der Waals surface area contributed by atoms with Crippen LogP contribution >= 0.6 is 0 Å². The standard InChI is InChI=1S/C24H28N8O2/c1-6-17(33)15-11-25-18(28-24(34)14-7-8-14)9-16(15)27-23-22-19(12(2)10-26-23)21-20(13(3)31(22)4)29-32(5)30-21/h9-11,13-14H,6-8H2,1-5H3,(H2,25,26,27,28,34)/t13-/m1/s1/i1D3. The van der Waals surface area contributed by atoms with Crippen molar-refractivity contribution in [1.29, 1.82) is 0 Å². The van der Waals surface area contributed by atoms with E-state index in [0.717, 1.165) is 41.0 Å². The first-order valence-electron chi connectivity index (χ1n) is 12.7. The van der Waals surface area contributed by atoms with E-state index in [-0.39, 0.29) is 29.2 Å². The fraction of sp³-hybridized carbons (Fsp3) is 0.417. The van der Waals surface area contributed by atoms with E-state index in [2.05, 4.69) is 30.8 Å². The molecule has 10 heteroatoms. The van der Waals surface area contributed by atoms with Crippen molar-refractivity contribution in [1.82, 2.24) is 25.0 Å². The van der Waals surface area contributed by atoms with E-state index < -0.39 is 19.1 Å². The molecular formula is C24H28N8O2. The van der Waals surface area contributed by atoms with E-state index in [4.69, 9.17) is 4.11 Å². The van der Waals surface area contributed by atoms with Crippen LogP contribution in [0, 0.1) is 12.8 Å². The number of hydrogen-bond acceptors (Lipinski definition) is 8. The summed E-state index contributed by atoms with van der Waals surface area (Å²) < 4.78 is 22.6. The lowest BCUT2D eigenvalue weighted by Crippen LogP contribution is -2.28. The normalized spacial score (nSPS) is 18.3. The lowest BCUT2D eigenvalue weighted by Gasteiger charge is -2.34. The van der Waals surface area contributed by atoms with Gasteiger partial charge in [-0.05, 0) is 32.3 Å². The summed E-state index contributed by atoms with van der Waals surface area (Å²) in [6.45, 7) is 1.53. The molecule has 10 nitrogen and oxygen atoms in total. The molecule has 4 heterocycles. The Morgan fingerprint density at radius 3 is 2.74 bits per heavy atom. The number of hydrogen-bond donors (Lipinski definition) is 2. The number of nitrogens with zero attached hydrogens (tertiary/aromatic N) is 6. The lowest BCUT2D eigenvalue weighted by molar-refractivity contribution is -0.117. The van der Waals surface area contributed by atoms with Crippen molar-refractivity contribution in [3.8, 4) is 11.3 Å². The van der Waals surface area contributed by atoms with E-state index in [1.807, 2.05) is 25.8 Å². The number of aryl methyl sites for hydroxylation is 2. The van der Waals surface area contributed by atoms with Crippen molar-refractivity contribution in [2.24, 2.45) is 13.0 Å². The minimum absolute atomic E-state index is 0.0304. The molecule has 1 saturated carbocycles. The quantitative estimate of drug-likeness (QED) is 0.530. The number of amides is 1. The van der Waals surface area contributed by atoms with Gasteiger partial charge in [-0.15, -0.1) is 0 Å². The molecule has 0 spiro atoms. The van der Waals surface area contributed by atoms with Gasteiger partial charge in [-0.25, -0.2) is 9.97 Å². The van der Waals surface area contributed by atoms with Gasteiger partial charge in [0.05, 0.1) is 23.0 Å². The van der Waals surface area contributed by atoms with Gasteiger partial charge in [0.2, 0.25) is 5.91 Å². The summed E-state index contributed by atoms with van der Waals surface area (Å²) in [6, 6.07) is 1.45. The fourth-order valence-corrected chi connectivity index (χ4v) is 4.23. The largest absolute Gasteiger partial charge is 0.363 e. The second-order valence-electron chi connectivity index (χ2n) is 8.83. The summed E-state index contributed by atoms with van der Waals surface area (Å²) in [4.78, 5) is 37.7. The third-order valence-electron chi connectivity index (χ3n) is 6.37. The first kappa shape index (κ1) is 18.6. The number of carbonyl (C=O) groups excluding carboxylic acids is 2. The summed E-state index contributed by atoms with van der Waals surface area (Å²) in [5, 5.41) is 15.2. The number of nitrogens with one attached hydrogen (secondary N) is 2. The van der Waals surface area contributed by atoms with Gasteiger partial charge in [-0.3, -0.25) is 9.59 Å². The molecule has 1 aliphatic carbocycles. The number of Topliss-reactive ketones (excluding diaryl/α,β-unsaturated/α-hetero) is 1. The van der Waals surface area contributed by atoms with Crippen LogP contribution < -0.4 is 15.5 Å². The highest BCUT2D eigenvalue weighted by molar-refractivity contribution is 6.03. The SMILES string of the molecule is [2H]C([2H])([2H])CC(=O)c1cnc(NC(=O)C2CC2)cc1Nc1ncc(C)c2c1N(C)[C@H](C)c1nn(C)nc1-2. The molecule has 1 aliphatic heterocycles. The zero-order valence-corrected chi connectivity index (χ0v) is 19.5. The van der Waals surface area contributed by atoms with Crippen molar-refractivity contribution in [2.75, 3.05) is 22.6 Å². The highest BCUT2D eigenvalue weighted by Crippen LogP contribution is 2.47. The molecule has 0 aromatic carbocycles. The zero-order chi connectivity index (χ0) is 26.6. The molecular weight excluding hydrogens is 432 g/mol. The Kier molecular flexibility index (Phi) is 4.48. The Morgan fingerprint density at radius 1 is 1.21 bits per heavy atom. The Morgan fingerprint density at radius 2 is 2.00 bits per heavy atom. The Balaban J connectivity index is 1.59. The molecule has 0 bridgehead atoms. The van der Waals surface area contributed by atoms with Gasteiger partial charge >= 0.3 is 0 Å². The highest BCUT2D eigenvalue weighted by Gasteiger charge is 2.34. The van der Waals surface area contributed by atoms with E-state index in [1.165, 1.54) is 6.20 Å². The lowest BCUT2D eigenvalue weighted by atomic mass is 9.95. The molecule has 0 unspecified atom stereocenters. The second kappa shape index (κ2) is 8.19. The third-order valence-corrected chi connectivity index (χ3v) is 6.37. The molecule has 1 fully saturated rings. The van der Waals surface area contributed by atoms with E-state index in [1.54, 1.807) is 24.1 Å². The van der Waals surface area contributed by atoms with Crippen molar-refractivity contribution in [3.05, 3.63) is 35.3 Å². The van der Waals surface area contributed by atoms with Gasteiger partial charge in [-0.1, -0.05) is 6.85 Å². The molecule has 0 saturated heterocycles. The molecule has 1 amide bonds. The van der Waals surface area contributed by atoms with Crippen LogP contribution in [0.1, 0.15) is 64.8 Å². The maximum atomic E-state index is 13.0. The van der Waals surface area contributed by atoms with E-state index in [0.29, 0.717) is 11.5 Å². The van der Waals surface area contributed by atoms with Crippen LogP contribution in [-0.2, 0) is 11.8 Å². The first-order valence-corrected chi connectivity index (χ1v) is 11.2. The molecule has 2 N–H and O–H groups in total. The molecule has 176 valence electrons. The molecule has 5 rings (SSSR count). The van der Waals surface area contributed by atoms with Crippen molar-refractivity contribution < 1.29 is 13.7 Å². The summed E-state index contributed by atoms with van der Waals surface area (Å²) in [5.41, 5.74) is 4.57. The summed E-state index contributed by atoms with van der Waals surface area (Å²) >= 11 is 0. The van der Waals surface area contributed by atoms with Crippen LogP contribution in [0.2, 0.25) is 0 Å². The maximum Gasteiger partial charge on any atom is 0.228 e. The van der Waals surface area contributed by atoms with Gasteiger partial charge in [0.25, 0.3) is 0 Å². The molecule has 3 aromatic heterocycles. The fourth-order valence-electron chi connectivity index (χ4n) is 4.23. The van der Waals surface area contributed by atoms with E-state index >= 15 is 0 Å². The number of pyridine rings is 2. The minimum atomic E-state index is -2.44. The molecule has 1 atom stereocenters. The predicted molar refractivity (Wildman–Crippen MR) is 129 cm³/mol. The number of fused-ring (bicyclic) bond motifs is 3. The number of ketones is 1. The van der Waals surface area contributed by atoms with Gasteiger partial charge < -0.3 is 15.5 Å². The summed E-state index contributed by atoms with van der Waals surface area (Å²) in [6.07, 6.45) is 4.04. The molecule has 2 aliphatic rings. The van der Waals surface area contributed by atoms with Gasteiger partial charge in [0.15, 0.2) is 11.6 Å². The Bertz CT molecular complexity index is 1410. The number of aromatic nitrogens is 5. The van der Waals surface area contributed by atoms with Crippen molar-refractivity contribution >= 4 is 34.7 Å². The average molecular weight is 464 g/mol. The van der Waals surface area contributed by atoms with Gasteiger partial charge in [-0.2, -0.15) is 15.0 Å². The third kappa shape index (κ3) is 3.68. The van der Waals surface area contributed by atoms with Crippen LogP contribution in [-0.4, -0.2) is 43.7 Å². The van der Waals surface area contributed by atoms with Crippen LogP contribution in [0.5, 0.6) is 0 Å². The van der Waals surface area contributed by atoms with Crippen LogP contribution in [0.4, 0.5) is 23.0 Å².